The minimum Gasteiger partial charge on any atom is -0.472 e. The van der Waals surface area contributed by atoms with Gasteiger partial charge in [-0.15, -0.1) is 0 Å². The van der Waals surface area contributed by atoms with Crippen molar-refractivity contribution < 1.29 is 14.0 Å². The molecule has 0 unspecified atom stereocenters. The number of pyridine rings is 1. The number of hydrogen-bond donors (Lipinski definition) is 2. The minimum absolute atomic E-state index is 0.294. The summed E-state index contributed by atoms with van der Waals surface area (Å²) in [5.41, 5.74) is 1.19. The molecule has 0 aromatic carbocycles. The van der Waals surface area contributed by atoms with Gasteiger partial charge < -0.3 is 15.1 Å². The fraction of sp³-hybridized carbons (Fsp3) is 0.188. The number of aromatic nitrogens is 4. The van der Waals surface area contributed by atoms with E-state index in [0.29, 0.717) is 17.9 Å². The predicted molar refractivity (Wildman–Crippen MR) is 86.6 cm³/mol. The van der Waals surface area contributed by atoms with Gasteiger partial charge in [0.2, 0.25) is 5.91 Å². The van der Waals surface area contributed by atoms with Crippen molar-refractivity contribution in [3.8, 4) is 5.82 Å². The molecule has 2 N–H and O–H groups in total. The van der Waals surface area contributed by atoms with Crippen LogP contribution < -0.4 is 10.6 Å². The normalized spacial score (nSPS) is 11.7. The van der Waals surface area contributed by atoms with E-state index in [4.69, 9.17) is 4.42 Å². The molecular formula is C16H16N6O3. The van der Waals surface area contributed by atoms with Gasteiger partial charge in [0.15, 0.2) is 5.82 Å². The zero-order valence-corrected chi connectivity index (χ0v) is 13.4. The third kappa shape index (κ3) is 4.08. The lowest BCUT2D eigenvalue weighted by Gasteiger charge is -2.13. The molecule has 3 heterocycles. The third-order valence-electron chi connectivity index (χ3n) is 3.45. The molecule has 0 spiro atoms. The van der Waals surface area contributed by atoms with Crippen LogP contribution >= 0.6 is 0 Å². The molecular weight excluding hydrogens is 324 g/mol. The summed E-state index contributed by atoms with van der Waals surface area (Å²) in [6.07, 6.45) is 7.34. The lowest BCUT2D eigenvalue weighted by Crippen LogP contribution is -2.44. The van der Waals surface area contributed by atoms with Crippen LogP contribution in [0.5, 0.6) is 0 Å². The highest BCUT2D eigenvalue weighted by Gasteiger charge is 2.16. The predicted octanol–water partition coefficient (Wildman–Crippen LogP) is 0.690. The number of nitrogens with one attached hydrogen (secondary N) is 2. The van der Waals surface area contributed by atoms with Gasteiger partial charge in [0.25, 0.3) is 5.91 Å². The first-order chi connectivity index (χ1) is 12.1. The van der Waals surface area contributed by atoms with Crippen molar-refractivity contribution in [2.75, 3.05) is 0 Å². The Morgan fingerprint density at radius 2 is 2.20 bits per heavy atom. The van der Waals surface area contributed by atoms with Gasteiger partial charge in [-0.2, -0.15) is 5.10 Å². The summed E-state index contributed by atoms with van der Waals surface area (Å²) in [5, 5.41) is 9.34. The third-order valence-corrected chi connectivity index (χ3v) is 3.45. The van der Waals surface area contributed by atoms with E-state index in [-0.39, 0.29) is 11.8 Å². The van der Waals surface area contributed by atoms with Crippen LogP contribution in [0.25, 0.3) is 5.82 Å². The maximum Gasteiger partial charge on any atom is 0.255 e. The highest BCUT2D eigenvalue weighted by atomic mass is 16.3. The molecule has 0 aliphatic carbocycles. The minimum atomic E-state index is -0.676. The lowest BCUT2D eigenvalue weighted by molar-refractivity contribution is -0.122. The lowest BCUT2D eigenvalue weighted by atomic mass is 10.2. The molecule has 0 aliphatic heterocycles. The van der Waals surface area contributed by atoms with Crippen molar-refractivity contribution in [3.05, 3.63) is 60.7 Å². The van der Waals surface area contributed by atoms with E-state index in [9.17, 15) is 9.59 Å². The van der Waals surface area contributed by atoms with Crippen LogP contribution in [0.1, 0.15) is 22.8 Å². The Morgan fingerprint density at radius 1 is 1.32 bits per heavy atom. The molecule has 0 saturated heterocycles. The quantitative estimate of drug-likeness (QED) is 0.682. The molecule has 0 radical (unpaired) electrons. The number of carbonyl (C=O) groups is 2. The first-order valence-corrected chi connectivity index (χ1v) is 7.54. The molecule has 128 valence electrons. The average molecular weight is 340 g/mol. The Labute approximate surface area is 143 Å². The van der Waals surface area contributed by atoms with E-state index in [2.05, 4.69) is 25.7 Å². The van der Waals surface area contributed by atoms with E-state index in [1.54, 1.807) is 25.5 Å². The summed E-state index contributed by atoms with van der Waals surface area (Å²) in [4.78, 5) is 32.1. The number of furan rings is 1. The van der Waals surface area contributed by atoms with Gasteiger partial charge >= 0.3 is 0 Å². The van der Waals surface area contributed by atoms with Gasteiger partial charge in [-0.1, -0.05) is 6.07 Å². The molecule has 9 nitrogen and oxygen atoms in total. The number of rotatable bonds is 6. The van der Waals surface area contributed by atoms with Crippen molar-refractivity contribution in [1.82, 2.24) is 30.4 Å². The van der Waals surface area contributed by atoms with Crippen molar-refractivity contribution in [2.45, 2.75) is 19.5 Å². The SMILES string of the molecule is C[C@@H](NC(=O)c1ccoc1)C(=O)NCc1ccc(-n2cncn2)nc1. The van der Waals surface area contributed by atoms with Crippen LogP contribution in [0.3, 0.4) is 0 Å². The number of carbonyl (C=O) groups excluding carboxylic acids is 2. The molecule has 25 heavy (non-hydrogen) atoms. The van der Waals surface area contributed by atoms with Crippen LogP contribution in [0, 0.1) is 0 Å². The highest BCUT2D eigenvalue weighted by molar-refractivity contribution is 5.97. The molecule has 3 aromatic rings. The molecule has 0 bridgehead atoms. The molecule has 9 heteroatoms. The van der Waals surface area contributed by atoms with Crippen molar-refractivity contribution in [3.63, 3.8) is 0 Å². The number of amides is 2. The molecule has 0 saturated carbocycles. The first-order valence-electron chi connectivity index (χ1n) is 7.54. The van der Waals surface area contributed by atoms with Crippen LogP contribution in [0.4, 0.5) is 0 Å². The molecule has 0 aliphatic rings. The Morgan fingerprint density at radius 3 is 2.84 bits per heavy atom. The summed E-state index contributed by atoms with van der Waals surface area (Å²) < 4.78 is 6.38. The van der Waals surface area contributed by atoms with Gasteiger partial charge in [-0.25, -0.2) is 14.6 Å². The maximum absolute atomic E-state index is 12.1. The maximum atomic E-state index is 12.1. The number of nitrogens with zero attached hydrogens (tertiary/aromatic N) is 4. The monoisotopic (exact) mass is 340 g/mol. The number of hydrogen-bond acceptors (Lipinski definition) is 6. The summed E-state index contributed by atoms with van der Waals surface area (Å²) in [5.74, 6) is -0.0271. The standard InChI is InChI=1S/C16H16N6O3/c1-11(21-16(24)13-4-5-25-8-13)15(23)19-7-12-2-3-14(18-6-12)22-10-17-9-20-22/h2-6,8-11H,7H2,1H3,(H,19,23)(H,21,24)/t11-/m1/s1. The second kappa shape index (κ2) is 7.39. The zero-order chi connectivity index (χ0) is 17.6. The van der Waals surface area contributed by atoms with Crippen LogP contribution in [-0.2, 0) is 11.3 Å². The Hall–Kier alpha value is -3.49. The van der Waals surface area contributed by atoms with Crippen LogP contribution in [-0.4, -0.2) is 37.6 Å². The van der Waals surface area contributed by atoms with E-state index in [1.807, 2.05) is 6.07 Å². The molecule has 0 fully saturated rings. The summed E-state index contributed by atoms with van der Waals surface area (Å²) in [6.45, 7) is 1.91. The average Bonchev–Trinajstić information content (AvgIpc) is 3.33. The highest BCUT2D eigenvalue weighted by Crippen LogP contribution is 2.04. The second-order valence-electron chi connectivity index (χ2n) is 5.29. The topological polar surface area (TPSA) is 115 Å². The van der Waals surface area contributed by atoms with Crippen molar-refractivity contribution >= 4 is 11.8 Å². The summed E-state index contributed by atoms with van der Waals surface area (Å²) in [6, 6.07) is 4.46. The Kier molecular flexibility index (Phi) is 4.84. The van der Waals surface area contributed by atoms with E-state index < -0.39 is 6.04 Å². The largest absolute Gasteiger partial charge is 0.472 e. The Bertz CT molecular complexity index is 827. The van der Waals surface area contributed by atoms with Gasteiger partial charge in [0.05, 0.1) is 11.8 Å². The Balaban J connectivity index is 1.50. The molecule has 3 aromatic heterocycles. The van der Waals surface area contributed by atoms with Crippen LogP contribution in [0.2, 0.25) is 0 Å². The fourth-order valence-corrected chi connectivity index (χ4v) is 2.06. The zero-order valence-electron chi connectivity index (χ0n) is 13.4. The van der Waals surface area contributed by atoms with Gasteiger partial charge in [-0.3, -0.25) is 9.59 Å². The van der Waals surface area contributed by atoms with Crippen molar-refractivity contribution in [2.24, 2.45) is 0 Å². The fourth-order valence-electron chi connectivity index (χ4n) is 2.06. The first kappa shape index (κ1) is 16.4. The molecule has 1 atom stereocenters. The molecule has 2 amide bonds. The second-order valence-corrected chi connectivity index (χ2v) is 5.29. The van der Waals surface area contributed by atoms with E-state index in [1.165, 1.54) is 29.6 Å². The molecule has 3 rings (SSSR count). The van der Waals surface area contributed by atoms with E-state index in [0.717, 1.165) is 5.56 Å². The van der Waals surface area contributed by atoms with Crippen molar-refractivity contribution in [1.29, 1.82) is 0 Å². The summed E-state index contributed by atoms with van der Waals surface area (Å²) >= 11 is 0. The van der Waals surface area contributed by atoms with Gasteiger partial charge in [0.1, 0.15) is 25.0 Å². The van der Waals surface area contributed by atoms with Gasteiger partial charge in [-0.05, 0) is 24.6 Å². The van der Waals surface area contributed by atoms with E-state index >= 15 is 0 Å². The van der Waals surface area contributed by atoms with Gasteiger partial charge in [0, 0.05) is 12.7 Å². The summed E-state index contributed by atoms with van der Waals surface area (Å²) in [7, 11) is 0. The smallest absolute Gasteiger partial charge is 0.255 e. The van der Waals surface area contributed by atoms with Crippen LogP contribution in [0.15, 0.2) is 54.0 Å².